The van der Waals surface area contributed by atoms with Crippen molar-refractivity contribution < 1.29 is 24.4 Å². The van der Waals surface area contributed by atoms with E-state index in [-0.39, 0.29) is 17.7 Å². The molecule has 4 N–H and O–H groups in total. The number of nitrogens with zero attached hydrogens (tertiary/aromatic N) is 2. The molecule has 1 aliphatic heterocycles. The van der Waals surface area contributed by atoms with E-state index in [1.807, 2.05) is 6.92 Å². The second kappa shape index (κ2) is 13.0. The van der Waals surface area contributed by atoms with Gasteiger partial charge in [0, 0.05) is 6.54 Å². The van der Waals surface area contributed by atoms with Crippen molar-refractivity contribution in [1.82, 2.24) is 15.5 Å². The zero-order valence-electron chi connectivity index (χ0n) is 20.0. The third kappa shape index (κ3) is 7.24. The van der Waals surface area contributed by atoms with Crippen molar-refractivity contribution in [3.63, 3.8) is 0 Å². The number of carbonyl (C=O) groups excluding carboxylic acids is 3. The molecule has 1 saturated carbocycles. The molecule has 2 aliphatic rings. The van der Waals surface area contributed by atoms with Crippen molar-refractivity contribution in [3.05, 3.63) is 4.91 Å². The van der Waals surface area contributed by atoms with Crippen LogP contribution in [0.25, 0.3) is 0 Å². The van der Waals surface area contributed by atoms with Gasteiger partial charge in [-0.3, -0.25) is 14.4 Å². The standard InChI is InChI=1S/C22H39BN4O6/c1-4-9-16(24-21(29)19(26-33)15-10-6-5-7-11-15)20(28)25-18(14(2)3)22(30)27-13-8-12-17(27)23(31)32/h14-19,31-32H,4-13H2,1-3H3,(H,24,29)(H,25,28)/t16-,17-,18-,19-/m0/s1. The lowest BCUT2D eigenvalue weighted by Crippen LogP contribution is -2.59. The van der Waals surface area contributed by atoms with Crippen molar-refractivity contribution in [1.29, 1.82) is 0 Å². The van der Waals surface area contributed by atoms with E-state index in [9.17, 15) is 29.3 Å². The first kappa shape index (κ1) is 27.2. The van der Waals surface area contributed by atoms with E-state index >= 15 is 0 Å². The fraction of sp³-hybridized carbons (Fsp3) is 0.864. The molecular weight excluding hydrogens is 427 g/mol. The lowest BCUT2D eigenvalue weighted by atomic mass is 9.77. The number of nitroso groups, excluding NO2 is 1. The van der Waals surface area contributed by atoms with E-state index in [1.54, 1.807) is 13.8 Å². The summed E-state index contributed by atoms with van der Waals surface area (Å²) in [4.78, 5) is 51.9. The van der Waals surface area contributed by atoms with Crippen LogP contribution in [0, 0.1) is 16.7 Å². The Labute approximate surface area is 196 Å². The summed E-state index contributed by atoms with van der Waals surface area (Å²) < 4.78 is 0. The Bertz CT molecular complexity index is 686. The van der Waals surface area contributed by atoms with E-state index < -0.39 is 43.0 Å². The molecule has 0 bridgehead atoms. The third-order valence-corrected chi connectivity index (χ3v) is 6.85. The monoisotopic (exact) mass is 466 g/mol. The number of amides is 3. The average molecular weight is 466 g/mol. The maximum Gasteiger partial charge on any atom is 0.475 e. The maximum atomic E-state index is 13.1. The van der Waals surface area contributed by atoms with E-state index in [2.05, 4.69) is 15.8 Å². The molecule has 186 valence electrons. The van der Waals surface area contributed by atoms with Gasteiger partial charge < -0.3 is 25.6 Å². The summed E-state index contributed by atoms with van der Waals surface area (Å²) in [5.41, 5.74) is 0. The van der Waals surface area contributed by atoms with Gasteiger partial charge in [-0.05, 0) is 43.9 Å². The molecule has 0 aromatic heterocycles. The van der Waals surface area contributed by atoms with Gasteiger partial charge in [0.05, 0.1) is 5.94 Å². The molecule has 0 aromatic carbocycles. The molecule has 2 fully saturated rings. The number of likely N-dealkylation sites (tertiary alicyclic amines) is 1. The van der Waals surface area contributed by atoms with Gasteiger partial charge in [0.25, 0.3) is 0 Å². The van der Waals surface area contributed by atoms with E-state index in [1.165, 1.54) is 4.90 Å². The number of hydrogen-bond acceptors (Lipinski definition) is 7. The number of rotatable bonds is 11. The van der Waals surface area contributed by atoms with E-state index in [0.717, 1.165) is 32.1 Å². The normalized spacial score (nSPS) is 21.9. The molecule has 0 radical (unpaired) electrons. The predicted molar refractivity (Wildman–Crippen MR) is 125 cm³/mol. The molecule has 1 aliphatic carbocycles. The summed E-state index contributed by atoms with van der Waals surface area (Å²) in [5, 5.41) is 27.7. The van der Waals surface area contributed by atoms with Crippen LogP contribution in [-0.4, -0.2) is 70.4 Å². The van der Waals surface area contributed by atoms with Crippen molar-refractivity contribution in [2.75, 3.05) is 6.54 Å². The van der Waals surface area contributed by atoms with Gasteiger partial charge in [0.1, 0.15) is 12.1 Å². The van der Waals surface area contributed by atoms with Crippen LogP contribution in [0.4, 0.5) is 0 Å². The van der Waals surface area contributed by atoms with Crippen molar-refractivity contribution in [3.8, 4) is 0 Å². The molecule has 10 nitrogen and oxygen atoms in total. The first-order valence-electron chi connectivity index (χ1n) is 12.3. The minimum atomic E-state index is -1.64. The molecular formula is C22H39BN4O6. The fourth-order valence-corrected chi connectivity index (χ4v) is 4.93. The van der Waals surface area contributed by atoms with Crippen LogP contribution in [0.3, 0.4) is 0 Å². The van der Waals surface area contributed by atoms with Crippen LogP contribution in [0.15, 0.2) is 5.18 Å². The van der Waals surface area contributed by atoms with Gasteiger partial charge in [-0.25, -0.2) is 0 Å². The molecule has 4 atom stereocenters. The molecule has 1 heterocycles. The minimum absolute atomic E-state index is 0.108. The van der Waals surface area contributed by atoms with Crippen LogP contribution >= 0.6 is 0 Å². The number of carbonyl (C=O) groups is 3. The lowest BCUT2D eigenvalue weighted by molar-refractivity contribution is -0.138. The summed E-state index contributed by atoms with van der Waals surface area (Å²) in [6, 6.07) is -2.77. The van der Waals surface area contributed by atoms with Gasteiger partial charge in [-0.2, -0.15) is 0 Å². The largest absolute Gasteiger partial charge is 0.475 e. The fourth-order valence-electron chi connectivity index (χ4n) is 4.93. The molecule has 0 unspecified atom stereocenters. The van der Waals surface area contributed by atoms with Crippen molar-refractivity contribution in [2.24, 2.45) is 17.0 Å². The Hall–Kier alpha value is -2.01. The smallest absolute Gasteiger partial charge is 0.426 e. The summed E-state index contributed by atoms with van der Waals surface area (Å²) in [6.07, 6.45) is 6.65. The first-order valence-corrected chi connectivity index (χ1v) is 12.3. The zero-order valence-corrected chi connectivity index (χ0v) is 20.0. The van der Waals surface area contributed by atoms with Gasteiger partial charge in [-0.15, -0.1) is 4.91 Å². The molecule has 33 heavy (non-hydrogen) atoms. The summed E-state index contributed by atoms with van der Waals surface area (Å²) in [6.45, 7) is 5.87. The summed E-state index contributed by atoms with van der Waals surface area (Å²) in [5.74, 6) is -2.46. The lowest BCUT2D eigenvalue weighted by Gasteiger charge is -2.32. The minimum Gasteiger partial charge on any atom is -0.426 e. The van der Waals surface area contributed by atoms with Crippen LogP contribution in [-0.2, 0) is 14.4 Å². The highest BCUT2D eigenvalue weighted by Crippen LogP contribution is 2.28. The zero-order chi connectivity index (χ0) is 24.5. The summed E-state index contributed by atoms with van der Waals surface area (Å²) >= 11 is 0. The molecule has 3 amide bonds. The van der Waals surface area contributed by atoms with Crippen LogP contribution in [0.1, 0.15) is 78.6 Å². The Morgan fingerprint density at radius 2 is 1.70 bits per heavy atom. The Morgan fingerprint density at radius 1 is 1.03 bits per heavy atom. The second-order valence-electron chi connectivity index (χ2n) is 9.68. The third-order valence-electron chi connectivity index (χ3n) is 6.85. The second-order valence-corrected chi connectivity index (χ2v) is 9.68. The quantitative estimate of drug-likeness (QED) is 0.265. The molecule has 0 aromatic rings. The topological polar surface area (TPSA) is 148 Å². The van der Waals surface area contributed by atoms with Crippen LogP contribution in [0.5, 0.6) is 0 Å². The van der Waals surface area contributed by atoms with Crippen molar-refractivity contribution in [2.45, 2.75) is 103 Å². The average Bonchev–Trinajstić information content (AvgIpc) is 3.28. The molecule has 2 rings (SSSR count). The predicted octanol–water partition coefficient (Wildman–Crippen LogP) is 1.13. The summed E-state index contributed by atoms with van der Waals surface area (Å²) in [7, 11) is -1.64. The van der Waals surface area contributed by atoms with Crippen LogP contribution < -0.4 is 10.6 Å². The van der Waals surface area contributed by atoms with Gasteiger partial charge in [-0.1, -0.05) is 51.6 Å². The highest BCUT2D eigenvalue weighted by molar-refractivity contribution is 6.43. The maximum absolute atomic E-state index is 13.1. The van der Waals surface area contributed by atoms with Gasteiger partial charge in [0.2, 0.25) is 17.7 Å². The van der Waals surface area contributed by atoms with Gasteiger partial charge >= 0.3 is 7.12 Å². The Kier molecular flexibility index (Phi) is 10.8. The Balaban J connectivity index is 2.08. The Morgan fingerprint density at radius 3 is 2.24 bits per heavy atom. The molecule has 11 heteroatoms. The van der Waals surface area contributed by atoms with Gasteiger partial charge in [0.15, 0.2) is 6.04 Å². The van der Waals surface area contributed by atoms with E-state index in [0.29, 0.717) is 32.2 Å². The first-order chi connectivity index (χ1) is 15.7. The van der Waals surface area contributed by atoms with Crippen molar-refractivity contribution >= 4 is 24.8 Å². The highest BCUT2D eigenvalue weighted by atomic mass is 16.4. The molecule has 1 saturated heterocycles. The van der Waals surface area contributed by atoms with Crippen LogP contribution in [0.2, 0.25) is 0 Å². The van der Waals surface area contributed by atoms with E-state index in [4.69, 9.17) is 0 Å². The number of hydrogen-bond donors (Lipinski definition) is 4. The highest BCUT2D eigenvalue weighted by Gasteiger charge is 2.41. The number of nitrogens with one attached hydrogen (secondary N) is 2. The molecule has 0 spiro atoms. The SMILES string of the molecule is CCC[C@H](NC(=O)[C@@H](N=O)C1CCCCC1)C(=O)N[C@H](C(=O)N1CCC[C@H]1B(O)O)C(C)C.